The van der Waals surface area contributed by atoms with Crippen LogP contribution in [0.25, 0.3) is 27.8 Å². The molecule has 2 aromatic carbocycles. The van der Waals surface area contributed by atoms with E-state index in [0.29, 0.717) is 10.9 Å². The highest BCUT2D eigenvalue weighted by molar-refractivity contribution is 9.10. The van der Waals surface area contributed by atoms with Crippen molar-refractivity contribution in [2.45, 2.75) is 6.92 Å². The number of halogens is 1. The van der Waals surface area contributed by atoms with Crippen LogP contribution in [-0.2, 0) is 14.1 Å². The third-order valence-electron chi connectivity index (χ3n) is 4.93. The summed E-state index contributed by atoms with van der Waals surface area (Å²) in [6, 6.07) is 15.8. The molecule has 0 N–H and O–H groups in total. The van der Waals surface area contributed by atoms with Crippen molar-refractivity contribution in [2.24, 2.45) is 14.1 Å². The summed E-state index contributed by atoms with van der Waals surface area (Å²) in [4.78, 5) is 25.5. The van der Waals surface area contributed by atoms with Crippen LogP contribution in [0.15, 0.2) is 68.8 Å². The van der Waals surface area contributed by atoms with E-state index in [-0.39, 0.29) is 11.2 Å². The van der Waals surface area contributed by atoms with E-state index in [4.69, 9.17) is 0 Å². The molecule has 0 unspecified atom stereocenters. The van der Waals surface area contributed by atoms with Gasteiger partial charge in [-0.2, -0.15) is 0 Å². The third kappa shape index (κ3) is 2.68. The summed E-state index contributed by atoms with van der Waals surface area (Å²) in [5, 5.41) is 0.536. The summed E-state index contributed by atoms with van der Waals surface area (Å²) >= 11 is 3.52. The molecule has 0 bridgehead atoms. The third-order valence-corrected chi connectivity index (χ3v) is 5.42. The summed E-state index contributed by atoms with van der Waals surface area (Å²) in [5.74, 6) is 0. The fraction of sp³-hybridized carbons (Fsp3) is 0.143. The quantitative estimate of drug-likeness (QED) is 0.492. The minimum absolute atomic E-state index is 0.292. The van der Waals surface area contributed by atoms with Crippen molar-refractivity contribution in [3.05, 3.63) is 85.6 Å². The second kappa shape index (κ2) is 6.39. The number of aryl methyl sites for hydroxylation is 2. The summed E-state index contributed by atoms with van der Waals surface area (Å²) in [6.07, 6.45) is 1.86. The zero-order chi connectivity index (χ0) is 19.3. The second-order valence-corrected chi connectivity index (χ2v) is 7.52. The number of hydrogen-bond acceptors (Lipinski definition) is 2. The van der Waals surface area contributed by atoms with Gasteiger partial charge in [0.05, 0.1) is 16.6 Å². The molecule has 5 nitrogen and oxygen atoms in total. The van der Waals surface area contributed by atoms with Gasteiger partial charge in [0, 0.05) is 36.0 Å². The molecule has 136 valence electrons. The number of fused-ring (bicyclic) bond motifs is 1. The van der Waals surface area contributed by atoms with Gasteiger partial charge in [-0.05, 0) is 30.7 Å². The van der Waals surface area contributed by atoms with Gasteiger partial charge in [0.2, 0.25) is 0 Å². The highest BCUT2D eigenvalue weighted by Gasteiger charge is 2.21. The van der Waals surface area contributed by atoms with Crippen molar-refractivity contribution < 1.29 is 0 Å². The molecular formula is C21H18BrN3O2. The van der Waals surface area contributed by atoms with Crippen LogP contribution in [0.1, 0.15) is 5.56 Å². The van der Waals surface area contributed by atoms with Crippen LogP contribution in [-0.4, -0.2) is 13.7 Å². The van der Waals surface area contributed by atoms with Crippen molar-refractivity contribution in [1.29, 1.82) is 0 Å². The first kappa shape index (κ1) is 17.5. The van der Waals surface area contributed by atoms with Gasteiger partial charge < -0.3 is 4.57 Å². The predicted octanol–water partition coefficient (Wildman–Crippen LogP) is 3.77. The van der Waals surface area contributed by atoms with Crippen LogP contribution in [0.4, 0.5) is 0 Å². The highest BCUT2D eigenvalue weighted by atomic mass is 79.9. The fourth-order valence-electron chi connectivity index (χ4n) is 3.47. The Hall–Kier alpha value is -2.86. The molecule has 0 atom stereocenters. The predicted molar refractivity (Wildman–Crippen MR) is 112 cm³/mol. The number of benzene rings is 2. The van der Waals surface area contributed by atoms with Crippen LogP contribution in [0.2, 0.25) is 0 Å². The minimum Gasteiger partial charge on any atom is -0.314 e. The van der Waals surface area contributed by atoms with E-state index in [1.54, 1.807) is 7.05 Å². The largest absolute Gasteiger partial charge is 0.330 e. The lowest BCUT2D eigenvalue weighted by Crippen LogP contribution is -2.36. The van der Waals surface area contributed by atoms with E-state index in [0.717, 1.165) is 31.5 Å². The van der Waals surface area contributed by atoms with Crippen LogP contribution < -0.4 is 11.2 Å². The Morgan fingerprint density at radius 2 is 1.67 bits per heavy atom. The Balaban J connectivity index is 2.25. The lowest BCUT2D eigenvalue weighted by Gasteiger charge is -2.12. The number of nitrogens with zero attached hydrogens (tertiary/aromatic N) is 3. The Morgan fingerprint density at radius 3 is 2.37 bits per heavy atom. The molecule has 0 amide bonds. The second-order valence-electron chi connectivity index (χ2n) is 6.61. The van der Waals surface area contributed by atoms with Crippen molar-refractivity contribution >= 4 is 26.8 Å². The fourth-order valence-corrected chi connectivity index (χ4v) is 3.86. The Kier molecular flexibility index (Phi) is 4.15. The molecule has 0 saturated carbocycles. The first-order valence-electron chi connectivity index (χ1n) is 8.53. The minimum atomic E-state index is -0.338. The van der Waals surface area contributed by atoms with E-state index in [2.05, 4.69) is 15.9 Å². The molecule has 2 heterocycles. The molecule has 6 heteroatoms. The summed E-state index contributed by atoms with van der Waals surface area (Å²) < 4.78 is 5.61. The van der Waals surface area contributed by atoms with E-state index in [9.17, 15) is 9.59 Å². The van der Waals surface area contributed by atoms with Crippen LogP contribution >= 0.6 is 15.9 Å². The molecule has 0 aliphatic rings. The first-order chi connectivity index (χ1) is 12.9. The topological polar surface area (TPSA) is 48.9 Å². The maximum absolute atomic E-state index is 13.0. The number of hydrogen-bond donors (Lipinski definition) is 0. The summed E-state index contributed by atoms with van der Waals surface area (Å²) in [7, 11) is 3.21. The van der Waals surface area contributed by atoms with Crippen molar-refractivity contribution in [3.63, 3.8) is 0 Å². The smallest absolute Gasteiger partial charge is 0.314 e. The molecule has 4 rings (SSSR count). The van der Waals surface area contributed by atoms with Gasteiger partial charge in [-0.25, -0.2) is 4.79 Å². The lowest BCUT2D eigenvalue weighted by molar-refractivity contribution is 0.714. The lowest BCUT2D eigenvalue weighted by atomic mass is 10.0. The van der Waals surface area contributed by atoms with Crippen molar-refractivity contribution in [3.8, 4) is 16.9 Å². The Morgan fingerprint density at radius 1 is 0.926 bits per heavy atom. The molecule has 0 saturated heterocycles. The van der Waals surface area contributed by atoms with Gasteiger partial charge >= 0.3 is 5.69 Å². The number of rotatable bonds is 2. The van der Waals surface area contributed by atoms with E-state index in [1.807, 2.05) is 66.2 Å². The first-order valence-corrected chi connectivity index (χ1v) is 9.32. The zero-order valence-corrected chi connectivity index (χ0v) is 16.8. The summed E-state index contributed by atoms with van der Waals surface area (Å²) in [6.45, 7) is 2.02. The SMILES string of the molecule is Cc1ccccc1-c1c2c(=O)n(C)c(=O)n(C)c2cn1-c1cccc(Br)c1. The Labute approximate surface area is 164 Å². The maximum Gasteiger partial charge on any atom is 0.330 e. The average molecular weight is 424 g/mol. The number of aromatic nitrogens is 3. The Bertz CT molecular complexity index is 1310. The van der Waals surface area contributed by atoms with Crippen molar-refractivity contribution in [1.82, 2.24) is 13.7 Å². The molecule has 2 aromatic heterocycles. The van der Waals surface area contributed by atoms with Gasteiger partial charge in [0.15, 0.2) is 0 Å². The standard InChI is InChI=1S/C21H18BrN3O2/c1-13-7-4-5-10-16(13)19-18-17(23(2)21(27)24(3)20(18)26)12-25(19)15-9-6-8-14(22)11-15/h4-12H,1-3H3. The van der Waals surface area contributed by atoms with Gasteiger partial charge in [-0.15, -0.1) is 0 Å². The van der Waals surface area contributed by atoms with E-state index in [1.165, 1.54) is 11.6 Å². The van der Waals surface area contributed by atoms with Crippen LogP contribution in [0.5, 0.6) is 0 Å². The molecule has 0 aliphatic heterocycles. The normalized spacial score (nSPS) is 11.3. The van der Waals surface area contributed by atoms with Gasteiger partial charge in [0.25, 0.3) is 5.56 Å². The highest BCUT2D eigenvalue weighted by Crippen LogP contribution is 2.33. The monoisotopic (exact) mass is 423 g/mol. The van der Waals surface area contributed by atoms with Crippen LogP contribution in [0, 0.1) is 6.92 Å². The van der Waals surface area contributed by atoms with Crippen molar-refractivity contribution in [2.75, 3.05) is 0 Å². The van der Waals surface area contributed by atoms with Crippen LogP contribution in [0.3, 0.4) is 0 Å². The van der Waals surface area contributed by atoms with Gasteiger partial charge in [0.1, 0.15) is 0 Å². The van der Waals surface area contributed by atoms with E-state index < -0.39 is 0 Å². The molecule has 0 fully saturated rings. The van der Waals surface area contributed by atoms with Gasteiger partial charge in [-0.1, -0.05) is 46.3 Å². The molecule has 0 radical (unpaired) electrons. The zero-order valence-electron chi connectivity index (χ0n) is 15.2. The molecule has 4 aromatic rings. The maximum atomic E-state index is 13.0. The summed E-state index contributed by atoms with van der Waals surface area (Å²) in [5.41, 5.74) is 3.70. The van der Waals surface area contributed by atoms with Gasteiger partial charge in [-0.3, -0.25) is 13.9 Å². The molecule has 0 aliphatic carbocycles. The average Bonchev–Trinajstić information content (AvgIpc) is 3.05. The molecule has 27 heavy (non-hydrogen) atoms. The molecular weight excluding hydrogens is 406 g/mol. The van der Waals surface area contributed by atoms with E-state index >= 15 is 0 Å². The molecule has 0 spiro atoms.